The van der Waals surface area contributed by atoms with Crippen molar-refractivity contribution < 1.29 is 9.53 Å². The summed E-state index contributed by atoms with van der Waals surface area (Å²) < 4.78 is 5.77. The van der Waals surface area contributed by atoms with E-state index in [-0.39, 0.29) is 11.8 Å². The Morgan fingerprint density at radius 3 is 2.84 bits per heavy atom. The first-order valence-corrected chi connectivity index (χ1v) is 10.5. The first-order chi connectivity index (χ1) is 8.88. The second kappa shape index (κ2) is 5.42. The first-order valence-electron chi connectivity index (χ1n) is 6.75. The van der Waals surface area contributed by atoms with Crippen LogP contribution >= 0.6 is 0 Å². The highest BCUT2D eigenvalue weighted by atomic mass is 28.3. The molecule has 1 aliphatic rings. The van der Waals surface area contributed by atoms with Gasteiger partial charge in [0, 0.05) is 26.4 Å². The molecule has 4 nitrogen and oxygen atoms in total. The predicted octanol–water partition coefficient (Wildman–Crippen LogP) is 2.99. The van der Waals surface area contributed by atoms with E-state index in [0.717, 1.165) is 23.8 Å². The lowest BCUT2D eigenvalue weighted by Crippen LogP contribution is -2.21. The van der Waals surface area contributed by atoms with Crippen molar-refractivity contribution in [3.05, 3.63) is 23.4 Å². The molecule has 1 amide bonds. The number of anilines is 1. The fraction of sp³-hybridized carbons (Fsp3) is 0.571. The van der Waals surface area contributed by atoms with Crippen molar-refractivity contribution in [2.75, 3.05) is 11.9 Å². The van der Waals surface area contributed by atoms with Crippen LogP contribution in [0.3, 0.4) is 0 Å². The molecule has 1 aliphatic heterocycles. The van der Waals surface area contributed by atoms with E-state index in [0.29, 0.717) is 12.4 Å². The van der Waals surface area contributed by atoms with Crippen molar-refractivity contribution in [1.82, 2.24) is 4.98 Å². The summed E-state index contributed by atoms with van der Waals surface area (Å²) in [4.78, 5) is 15.9. The number of rotatable bonds is 5. The van der Waals surface area contributed by atoms with Crippen LogP contribution in [0.1, 0.15) is 24.0 Å². The Morgan fingerprint density at radius 2 is 2.16 bits per heavy atom. The Morgan fingerprint density at radius 1 is 1.42 bits per heavy atom. The summed E-state index contributed by atoms with van der Waals surface area (Å²) >= 11 is 0. The molecule has 1 unspecified atom stereocenters. The zero-order valence-electron chi connectivity index (χ0n) is 12.1. The fourth-order valence-corrected chi connectivity index (χ4v) is 2.90. The average molecular weight is 278 g/mol. The Balaban J connectivity index is 1.99. The van der Waals surface area contributed by atoms with Crippen LogP contribution in [0.25, 0.3) is 0 Å². The number of nitrogens with zero attached hydrogens (tertiary/aromatic N) is 1. The van der Waals surface area contributed by atoms with Gasteiger partial charge in [0.25, 0.3) is 0 Å². The zero-order valence-corrected chi connectivity index (χ0v) is 13.1. The lowest BCUT2D eigenvalue weighted by Gasteiger charge is -2.16. The molecule has 0 aliphatic carbocycles. The summed E-state index contributed by atoms with van der Waals surface area (Å²) in [6, 6.07) is 3.11. The lowest BCUT2D eigenvalue weighted by molar-refractivity contribution is -0.116. The minimum absolute atomic E-state index is 0.0250. The van der Waals surface area contributed by atoms with E-state index < -0.39 is 8.07 Å². The number of fused-ring (bicyclic) bond motifs is 1. The highest BCUT2D eigenvalue weighted by Gasteiger charge is 2.29. The minimum atomic E-state index is -1.04. The standard InChI is InChI=1S/C14H22N2O2Si/c1-10-12-11(9-18-7-8-19(2,3)4)5-6-15-13(12)16-14(10)17/h5-6,10H,7-9H2,1-4H3,(H,15,16,17). The maximum absolute atomic E-state index is 11.7. The highest BCUT2D eigenvalue weighted by molar-refractivity contribution is 6.76. The average Bonchev–Trinajstić information content (AvgIpc) is 2.60. The molecule has 0 fully saturated rings. The molecular formula is C14H22N2O2Si. The number of carbonyl (C=O) groups is 1. The molecule has 1 aromatic heterocycles. The Bertz CT molecular complexity index is 483. The molecule has 0 saturated heterocycles. The summed E-state index contributed by atoms with van der Waals surface area (Å²) in [5.41, 5.74) is 2.08. The van der Waals surface area contributed by atoms with Crippen molar-refractivity contribution in [1.29, 1.82) is 0 Å². The second-order valence-corrected chi connectivity index (χ2v) is 11.9. The normalized spacial score (nSPS) is 18.3. The molecular weight excluding hydrogens is 256 g/mol. The van der Waals surface area contributed by atoms with Crippen molar-refractivity contribution in [2.24, 2.45) is 0 Å². The number of nitrogens with one attached hydrogen (secondary N) is 1. The van der Waals surface area contributed by atoms with Gasteiger partial charge in [0.15, 0.2) is 0 Å². The number of hydrogen-bond acceptors (Lipinski definition) is 3. The van der Waals surface area contributed by atoms with Crippen LogP contribution in [-0.2, 0) is 16.1 Å². The maximum atomic E-state index is 11.7. The predicted molar refractivity (Wildman–Crippen MR) is 79.1 cm³/mol. The molecule has 1 N–H and O–H groups in total. The molecule has 0 saturated carbocycles. The third kappa shape index (κ3) is 3.42. The molecule has 5 heteroatoms. The van der Waals surface area contributed by atoms with E-state index >= 15 is 0 Å². The molecule has 1 atom stereocenters. The topological polar surface area (TPSA) is 51.2 Å². The van der Waals surface area contributed by atoms with Gasteiger partial charge in [-0.1, -0.05) is 19.6 Å². The molecule has 2 heterocycles. The lowest BCUT2D eigenvalue weighted by atomic mass is 10.00. The number of amides is 1. The van der Waals surface area contributed by atoms with E-state index in [2.05, 4.69) is 29.9 Å². The summed E-state index contributed by atoms with van der Waals surface area (Å²) in [5.74, 6) is 0.597. The van der Waals surface area contributed by atoms with Crippen molar-refractivity contribution in [3.63, 3.8) is 0 Å². The molecule has 1 aromatic rings. The summed E-state index contributed by atoms with van der Waals surface area (Å²) in [5, 5.41) is 2.80. The van der Waals surface area contributed by atoms with E-state index in [1.165, 1.54) is 0 Å². The monoisotopic (exact) mass is 278 g/mol. The van der Waals surface area contributed by atoms with Gasteiger partial charge in [0.05, 0.1) is 12.5 Å². The van der Waals surface area contributed by atoms with Gasteiger partial charge in [-0.2, -0.15) is 0 Å². The molecule has 2 rings (SSSR count). The second-order valence-electron chi connectivity index (χ2n) is 6.31. The molecule has 0 bridgehead atoms. The van der Waals surface area contributed by atoms with Gasteiger partial charge in [0.1, 0.15) is 5.82 Å². The quantitative estimate of drug-likeness (QED) is 0.665. The number of aromatic nitrogens is 1. The SMILES string of the molecule is CC1C(=O)Nc2nccc(COCC[Si](C)(C)C)c21. The minimum Gasteiger partial charge on any atom is -0.377 e. The zero-order chi connectivity index (χ0) is 14.0. The van der Waals surface area contributed by atoms with E-state index in [4.69, 9.17) is 4.74 Å². The third-order valence-corrected chi connectivity index (χ3v) is 5.11. The van der Waals surface area contributed by atoms with Crippen LogP contribution in [0.15, 0.2) is 12.3 Å². The van der Waals surface area contributed by atoms with Gasteiger partial charge in [-0.05, 0) is 24.6 Å². The summed E-state index contributed by atoms with van der Waals surface area (Å²) in [7, 11) is -1.04. The van der Waals surface area contributed by atoms with Crippen LogP contribution < -0.4 is 5.32 Å². The van der Waals surface area contributed by atoms with Crippen LogP contribution in [0.4, 0.5) is 5.82 Å². The van der Waals surface area contributed by atoms with Crippen LogP contribution in [0, 0.1) is 0 Å². The Labute approximate surface area is 115 Å². The fourth-order valence-electron chi connectivity index (χ4n) is 2.14. The molecule has 0 radical (unpaired) electrons. The van der Waals surface area contributed by atoms with E-state index in [1.54, 1.807) is 6.20 Å². The number of hydrogen-bond donors (Lipinski definition) is 1. The highest BCUT2D eigenvalue weighted by Crippen LogP contribution is 2.33. The van der Waals surface area contributed by atoms with Gasteiger partial charge in [0.2, 0.25) is 5.91 Å². The molecule has 0 aromatic carbocycles. The van der Waals surface area contributed by atoms with Gasteiger partial charge in [-0.3, -0.25) is 4.79 Å². The van der Waals surface area contributed by atoms with Crippen molar-refractivity contribution in [3.8, 4) is 0 Å². The third-order valence-electron chi connectivity index (χ3n) is 3.40. The first kappa shape index (κ1) is 14.2. The van der Waals surface area contributed by atoms with Crippen LogP contribution in [-0.4, -0.2) is 25.6 Å². The van der Waals surface area contributed by atoms with E-state index in [9.17, 15) is 4.79 Å². The van der Waals surface area contributed by atoms with E-state index in [1.807, 2.05) is 13.0 Å². The largest absolute Gasteiger partial charge is 0.377 e. The van der Waals surface area contributed by atoms with Crippen LogP contribution in [0.5, 0.6) is 0 Å². The maximum Gasteiger partial charge on any atom is 0.232 e. The summed E-state index contributed by atoms with van der Waals surface area (Å²) in [6.07, 6.45) is 1.73. The van der Waals surface area contributed by atoms with Crippen LogP contribution in [0.2, 0.25) is 25.7 Å². The summed E-state index contributed by atoms with van der Waals surface area (Å²) in [6.45, 7) is 10.3. The molecule has 19 heavy (non-hydrogen) atoms. The number of ether oxygens (including phenoxy) is 1. The molecule has 0 spiro atoms. The van der Waals surface area contributed by atoms with Gasteiger partial charge < -0.3 is 10.1 Å². The smallest absolute Gasteiger partial charge is 0.232 e. The van der Waals surface area contributed by atoms with Gasteiger partial charge in [-0.25, -0.2) is 4.98 Å². The number of pyridine rings is 1. The Hall–Kier alpha value is -1.20. The van der Waals surface area contributed by atoms with Gasteiger partial charge in [-0.15, -0.1) is 0 Å². The van der Waals surface area contributed by atoms with Crippen molar-refractivity contribution >= 4 is 19.8 Å². The Kier molecular flexibility index (Phi) is 4.06. The number of carbonyl (C=O) groups excluding carboxylic acids is 1. The van der Waals surface area contributed by atoms with Crippen molar-refractivity contribution in [2.45, 2.75) is 45.1 Å². The molecule has 104 valence electrons. The van der Waals surface area contributed by atoms with Gasteiger partial charge >= 0.3 is 0 Å².